The van der Waals surface area contributed by atoms with E-state index in [2.05, 4.69) is 10.6 Å². The number of nitrogens with one attached hydrogen (secondary N) is 2. The van der Waals surface area contributed by atoms with E-state index in [9.17, 15) is 4.79 Å². The average Bonchev–Trinajstić information content (AvgIpc) is 2.61. The second-order valence-corrected chi connectivity index (χ2v) is 5.96. The van der Waals surface area contributed by atoms with Gasteiger partial charge in [0.2, 0.25) is 5.91 Å². The SMILES string of the molecule is COc1ccccc1CNC(=O)CCNc1ccc(OC(C)C)cc1. The number of anilines is 1. The summed E-state index contributed by atoms with van der Waals surface area (Å²) < 4.78 is 10.9. The maximum Gasteiger partial charge on any atom is 0.222 e. The normalized spacial score (nSPS) is 10.4. The van der Waals surface area contributed by atoms with E-state index in [1.165, 1.54) is 0 Å². The summed E-state index contributed by atoms with van der Waals surface area (Å²) in [6, 6.07) is 15.4. The molecule has 0 unspecified atom stereocenters. The molecule has 2 rings (SSSR count). The average molecular weight is 342 g/mol. The van der Waals surface area contributed by atoms with Crippen molar-refractivity contribution >= 4 is 11.6 Å². The van der Waals surface area contributed by atoms with Crippen LogP contribution in [-0.4, -0.2) is 25.7 Å². The van der Waals surface area contributed by atoms with E-state index >= 15 is 0 Å². The van der Waals surface area contributed by atoms with Crippen LogP contribution in [0.2, 0.25) is 0 Å². The van der Waals surface area contributed by atoms with Crippen LogP contribution in [0.1, 0.15) is 25.8 Å². The summed E-state index contributed by atoms with van der Waals surface area (Å²) in [5.41, 5.74) is 1.93. The molecular formula is C20H26N2O3. The number of hydrogen-bond acceptors (Lipinski definition) is 4. The van der Waals surface area contributed by atoms with Crippen molar-refractivity contribution in [2.24, 2.45) is 0 Å². The zero-order valence-corrected chi connectivity index (χ0v) is 15.0. The van der Waals surface area contributed by atoms with Gasteiger partial charge in [0.15, 0.2) is 0 Å². The van der Waals surface area contributed by atoms with Crippen LogP contribution in [0, 0.1) is 0 Å². The topological polar surface area (TPSA) is 59.6 Å². The summed E-state index contributed by atoms with van der Waals surface area (Å²) >= 11 is 0. The van der Waals surface area contributed by atoms with E-state index < -0.39 is 0 Å². The van der Waals surface area contributed by atoms with Crippen LogP contribution in [0.25, 0.3) is 0 Å². The first-order valence-electron chi connectivity index (χ1n) is 8.47. The highest BCUT2D eigenvalue weighted by Crippen LogP contribution is 2.17. The Kier molecular flexibility index (Phi) is 7.14. The molecule has 5 nitrogen and oxygen atoms in total. The fourth-order valence-electron chi connectivity index (χ4n) is 2.38. The van der Waals surface area contributed by atoms with Crippen LogP contribution < -0.4 is 20.1 Å². The molecule has 0 aromatic heterocycles. The Hall–Kier alpha value is -2.69. The molecule has 5 heteroatoms. The van der Waals surface area contributed by atoms with Crippen LogP contribution in [0.15, 0.2) is 48.5 Å². The molecule has 2 aromatic carbocycles. The van der Waals surface area contributed by atoms with Crippen molar-refractivity contribution in [1.29, 1.82) is 0 Å². The highest BCUT2D eigenvalue weighted by atomic mass is 16.5. The highest BCUT2D eigenvalue weighted by Gasteiger charge is 2.05. The quantitative estimate of drug-likeness (QED) is 0.731. The largest absolute Gasteiger partial charge is 0.496 e. The number of methoxy groups -OCH3 is 1. The number of rotatable bonds is 9. The van der Waals surface area contributed by atoms with Gasteiger partial charge in [0.05, 0.1) is 13.2 Å². The number of amides is 1. The monoisotopic (exact) mass is 342 g/mol. The van der Waals surface area contributed by atoms with Crippen molar-refractivity contribution in [3.8, 4) is 11.5 Å². The van der Waals surface area contributed by atoms with Crippen molar-refractivity contribution in [2.75, 3.05) is 19.0 Å². The minimum atomic E-state index is -0.00170. The van der Waals surface area contributed by atoms with Crippen molar-refractivity contribution < 1.29 is 14.3 Å². The van der Waals surface area contributed by atoms with Gasteiger partial charge in [-0.3, -0.25) is 4.79 Å². The van der Waals surface area contributed by atoms with Gasteiger partial charge in [-0.25, -0.2) is 0 Å². The second kappa shape index (κ2) is 9.57. The summed E-state index contributed by atoms with van der Waals surface area (Å²) in [5, 5.41) is 6.15. The molecule has 2 N–H and O–H groups in total. The molecule has 0 aliphatic rings. The lowest BCUT2D eigenvalue weighted by atomic mass is 10.2. The van der Waals surface area contributed by atoms with E-state index in [-0.39, 0.29) is 12.0 Å². The van der Waals surface area contributed by atoms with Gasteiger partial charge in [0.25, 0.3) is 0 Å². The number of ether oxygens (including phenoxy) is 2. The standard InChI is InChI=1S/C20H26N2O3/c1-15(2)25-18-10-8-17(9-11-18)21-13-12-20(23)22-14-16-6-4-5-7-19(16)24-3/h4-11,15,21H,12-14H2,1-3H3,(H,22,23). The van der Waals surface area contributed by atoms with Gasteiger partial charge in [-0.1, -0.05) is 18.2 Å². The molecule has 0 saturated carbocycles. The van der Waals surface area contributed by atoms with Crippen molar-refractivity contribution in [3.05, 3.63) is 54.1 Å². The first kappa shape index (κ1) is 18.6. The molecule has 0 atom stereocenters. The molecule has 25 heavy (non-hydrogen) atoms. The van der Waals surface area contributed by atoms with E-state index in [4.69, 9.17) is 9.47 Å². The molecule has 0 spiro atoms. The van der Waals surface area contributed by atoms with E-state index in [1.807, 2.05) is 62.4 Å². The van der Waals surface area contributed by atoms with Crippen molar-refractivity contribution in [3.63, 3.8) is 0 Å². The predicted octanol–water partition coefficient (Wildman–Crippen LogP) is 3.60. The third-order valence-corrected chi connectivity index (χ3v) is 3.58. The van der Waals surface area contributed by atoms with Gasteiger partial charge in [0.1, 0.15) is 11.5 Å². The van der Waals surface area contributed by atoms with Gasteiger partial charge in [-0.2, -0.15) is 0 Å². The number of carbonyl (C=O) groups excluding carboxylic acids is 1. The highest BCUT2D eigenvalue weighted by molar-refractivity contribution is 5.76. The first-order valence-corrected chi connectivity index (χ1v) is 8.47. The van der Waals surface area contributed by atoms with Crippen LogP contribution >= 0.6 is 0 Å². The lowest BCUT2D eigenvalue weighted by molar-refractivity contribution is -0.121. The maximum absolute atomic E-state index is 12.0. The second-order valence-electron chi connectivity index (χ2n) is 5.96. The predicted molar refractivity (Wildman–Crippen MR) is 100 cm³/mol. The Labute approximate surface area is 149 Å². The lowest BCUT2D eigenvalue weighted by Gasteiger charge is -2.12. The number of benzene rings is 2. The molecule has 2 aromatic rings. The third-order valence-electron chi connectivity index (χ3n) is 3.58. The maximum atomic E-state index is 12.0. The summed E-state index contributed by atoms with van der Waals surface area (Å²) in [4.78, 5) is 12.0. The minimum Gasteiger partial charge on any atom is -0.496 e. The third kappa shape index (κ3) is 6.37. The summed E-state index contributed by atoms with van der Waals surface area (Å²) in [7, 11) is 1.63. The van der Waals surface area contributed by atoms with Gasteiger partial charge >= 0.3 is 0 Å². The first-order chi connectivity index (χ1) is 12.1. The van der Waals surface area contributed by atoms with Crippen molar-refractivity contribution in [2.45, 2.75) is 32.9 Å². The van der Waals surface area contributed by atoms with Crippen LogP contribution in [-0.2, 0) is 11.3 Å². The molecule has 1 amide bonds. The molecule has 0 aliphatic heterocycles. The summed E-state index contributed by atoms with van der Waals surface area (Å²) in [5.74, 6) is 1.62. The Balaban J connectivity index is 1.71. The molecule has 0 saturated heterocycles. The van der Waals surface area contributed by atoms with Crippen LogP contribution in [0.5, 0.6) is 11.5 Å². The fraction of sp³-hybridized carbons (Fsp3) is 0.350. The fourth-order valence-corrected chi connectivity index (χ4v) is 2.38. The molecule has 0 aliphatic carbocycles. The number of carbonyl (C=O) groups is 1. The molecule has 0 fully saturated rings. The lowest BCUT2D eigenvalue weighted by Crippen LogP contribution is -2.25. The zero-order chi connectivity index (χ0) is 18.1. The van der Waals surface area contributed by atoms with E-state index in [1.54, 1.807) is 7.11 Å². The van der Waals surface area contributed by atoms with Crippen LogP contribution in [0.3, 0.4) is 0 Å². The number of hydrogen-bond donors (Lipinski definition) is 2. The molecule has 134 valence electrons. The van der Waals surface area contributed by atoms with Gasteiger partial charge in [-0.05, 0) is 44.2 Å². The van der Waals surface area contributed by atoms with Crippen LogP contribution in [0.4, 0.5) is 5.69 Å². The Bertz CT molecular complexity index is 669. The van der Waals surface area contributed by atoms with E-state index in [0.29, 0.717) is 19.5 Å². The Morgan fingerprint density at radius 2 is 1.80 bits per heavy atom. The van der Waals surface area contributed by atoms with Gasteiger partial charge < -0.3 is 20.1 Å². The smallest absolute Gasteiger partial charge is 0.222 e. The van der Waals surface area contributed by atoms with Gasteiger partial charge in [-0.15, -0.1) is 0 Å². The summed E-state index contributed by atoms with van der Waals surface area (Å²) in [6.07, 6.45) is 0.560. The summed E-state index contributed by atoms with van der Waals surface area (Å²) in [6.45, 7) is 5.03. The molecule has 0 radical (unpaired) electrons. The Morgan fingerprint density at radius 1 is 1.08 bits per heavy atom. The molecular weight excluding hydrogens is 316 g/mol. The van der Waals surface area contributed by atoms with Crippen molar-refractivity contribution in [1.82, 2.24) is 5.32 Å². The molecule has 0 bridgehead atoms. The number of para-hydroxylation sites is 1. The van der Waals surface area contributed by atoms with E-state index in [0.717, 1.165) is 22.7 Å². The zero-order valence-electron chi connectivity index (χ0n) is 15.0. The molecule has 0 heterocycles. The van der Waals surface area contributed by atoms with Gasteiger partial charge in [0, 0.05) is 30.8 Å². The Morgan fingerprint density at radius 3 is 2.48 bits per heavy atom. The minimum absolute atomic E-state index is 0.00170.